The fourth-order valence-corrected chi connectivity index (χ4v) is 3.39. The minimum absolute atomic E-state index is 0.161. The molecule has 1 fully saturated rings. The molecule has 1 nitrogen and oxygen atoms in total. The van der Waals surface area contributed by atoms with Crippen LogP contribution in [0.4, 0.5) is 13.2 Å². The van der Waals surface area contributed by atoms with Crippen molar-refractivity contribution in [2.24, 2.45) is 11.7 Å². The van der Waals surface area contributed by atoms with Crippen LogP contribution < -0.4 is 5.73 Å². The summed E-state index contributed by atoms with van der Waals surface area (Å²) in [7, 11) is 0. The lowest BCUT2D eigenvalue weighted by atomic mass is 9.73. The maximum Gasteiger partial charge on any atom is 0.416 e. The molecule has 112 valence electrons. The molecule has 2 rings (SSSR count). The van der Waals surface area contributed by atoms with Gasteiger partial charge in [-0.1, -0.05) is 38.0 Å². The van der Waals surface area contributed by atoms with Gasteiger partial charge in [-0.3, -0.25) is 0 Å². The molecule has 20 heavy (non-hydrogen) atoms. The van der Waals surface area contributed by atoms with Crippen LogP contribution in [0.2, 0.25) is 0 Å². The average molecular weight is 285 g/mol. The zero-order chi connectivity index (χ0) is 14.8. The Balaban J connectivity index is 2.29. The summed E-state index contributed by atoms with van der Waals surface area (Å²) in [4.78, 5) is 0. The van der Waals surface area contributed by atoms with Gasteiger partial charge in [-0.05, 0) is 42.7 Å². The monoisotopic (exact) mass is 285 g/mol. The summed E-state index contributed by atoms with van der Waals surface area (Å²) in [6.07, 6.45) is 0.502. The summed E-state index contributed by atoms with van der Waals surface area (Å²) in [5, 5.41) is 0. The summed E-state index contributed by atoms with van der Waals surface area (Å²) in [5.41, 5.74) is 5.98. The predicted molar refractivity (Wildman–Crippen MR) is 74.4 cm³/mol. The number of hydrogen-bond acceptors (Lipinski definition) is 1. The number of nitrogens with two attached hydrogens (primary N) is 1. The van der Waals surface area contributed by atoms with Gasteiger partial charge in [-0.15, -0.1) is 0 Å². The normalized spacial score (nSPS) is 27.6. The molecule has 1 aliphatic carbocycles. The number of alkyl halides is 3. The lowest BCUT2D eigenvalue weighted by Gasteiger charge is -2.35. The molecule has 0 saturated heterocycles. The molecular weight excluding hydrogens is 263 g/mol. The minimum Gasteiger partial charge on any atom is -0.327 e. The summed E-state index contributed by atoms with van der Waals surface area (Å²) in [6, 6.07) is 5.74. The van der Waals surface area contributed by atoms with Gasteiger partial charge in [0.2, 0.25) is 0 Å². The quantitative estimate of drug-likeness (QED) is 0.854. The first kappa shape index (κ1) is 15.4. The van der Waals surface area contributed by atoms with Crippen LogP contribution in [0.5, 0.6) is 0 Å². The van der Waals surface area contributed by atoms with Crippen molar-refractivity contribution in [3.8, 4) is 0 Å². The Kier molecular flexibility index (Phi) is 4.74. The lowest BCUT2D eigenvalue weighted by molar-refractivity contribution is -0.138. The van der Waals surface area contributed by atoms with Crippen molar-refractivity contribution in [3.05, 3.63) is 35.4 Å². The van der Waals surface area contributed by atoms with E-state index in [4.69, 9.17) is 5.73 Å². The molecule has 1 aromatic rings. The summed E-state index contributed by atoms with van der Waals surface area (Å²) in [5.74, 6) is 0.337. The number of hydrogen-bond donors (Lipinski definition) is 1. The van der Waals surface area contributed by atoms with Gasteiger partial charge in [0.1, 0.15) is 0 Å². The zero-order valence-corrected chi connectivity index (χ0v) is 11.8. The van der Waals surface area contributed by atoms with E-state index in [1.165, 1.54) is 12.1 Å². The fourth-order valence-electron chi connectivity index (χ4n) is 3.39. The van der Waals surface area contributed by atoms with Crippen molar-refractivity contribution in [2.75, 3.05) is 0 Å². The van der Waals surface area contributed by atoms with Gasteiger partial charge in [-0.25, -0.2) is 0 Å². The maximum absolute atomic E-state index is 13.1. The molecule has 1 aliphatic rings. The standard InChI is InChI=1S/C16H22F3N/c1-2-5-11-8-9-15(20)13(10-11)12-6-3-4-7-14(12)16(17,18)19/h3-4,6-7,11,13,15H,2,5,8-10,20H2,1H3. The van der Waals surface area contributed by atoms with E-state index in [0.717, 1.165) is 32.1 Å². The van der Waals surface area contributed by atoms with Crippen LogP contribution >= 0.6 is 0 Å². The molecule has 0 amide bonds. The van der Waals surface area contributed by atoms with Crippen LogP contribution in [0.15, 0.2) is 24.3 Å². The van der Waals surface area contributed by atoms with Crippen LogP contribution in [0.3, 0.4) is 0 Å². The van der Waals surface area contributed by atoms with Crippen LogP contribution in [0.25, 0.3) is 0 Å². The van der Waals surface area contributed by atoms with Crippen LogP contribution in [0, 0.1) is 5.92 Å². The summed E-state index contributed by atoms with van der Waals surface area (Å²) < 4.78 is 39.4. The highest BCUT2D eigenvalue weighted by Gasteiger charge is 2.38. The van der Waals surface area contributed by atoms with Gasteiger partial charge < -0.3 is 5.73 Å². The third-order valence-electron chi connectivity index (χ3n) is 4.37. The summed E-state index contributed by atoms with van der Waals surface area (Å²) in [6.45, 7) is 2.12. The maximum atomic E-state index is 13.1. The molecule has 0 radical (unpaired) electrons. The third-order valence-corrected chi connectivity index (χ3v) is 4.37. The van der Waals surface area contributed by atoms with E-state index >= 15 is 0 Å². The molecule has 0 aromatic heterocycles. The van der Waals surface area contributed by atoms with Gasteiger partial charge in [-0.2, -0.15) is 13.2 Å². The highest BCUT2D eigenvalue weighted by atomic mass is 19.4. The highest BCUT2D eigenvalue weighted by molar-refractivity contribution is 5.34. The first-order valence-corrected chi connectivity index (χ1v) is 7.35. The van der Waals surface area contributed by atoms with Gasteiger partial charge in [0.05, 0.1) is 5.56 Å². The van der Waals surface area contributed by atoms with Crippen molar-refractivity contribution >= 4 is 0 Å². The number of rotatable bonds is 3. The van der Waals surface area contributed by atoms with Gasteiger partial charge >= 0.3 is 6.18 Å². The van der Waals surface area contributed by atoms with Crippen LogP contribution in [-0.4, -0.2) is 6.04 Å². The van der Waals surface area contributed by atoms with E-state index in [0.29, 0.717) is 11.5 Å². The van der Waals surface area contributed by atoms with E-state index in [1.807, 2.05) is 0 Å². The SMILES string of the molecule is CCCC1CCC(N)C(c2ccccc2C(F)(F)F)C1. The minimum atomic E-state index is -4.30. The molecule has 0 spiro atoms. The van der Waals surface area contributed by atoms with Crippen molar-refractivity contribution in [1.82, 2.24) is 0 Å². The Morgan fingerprint density at radius 3 is 2.55 bits per heavy atom. The molecular formula is C16H22F3N. The van der Waals surface area contributed by atoms with Gasteiger partial charge in [0.15, 0.2) is 0 Å². The van der Waals surface area contributed by atoms with E-state index < -0.39 is 11.7 Å². The smallest absolute Gasteiger partial charge is 0.327 e. The van der Waals surface area contributed by atoms with Crippen LogP contribution in [0.1, 0.15) is 56.1 Å². The molecule has 3 atom stereocenters. The van der Waals surface area contributed by atoms with Crippen molar-refractivity contribution in [3.63, 3.8) is 0 Å². The summed E-state index contributed by atoms with van der Waals surface area (Å²) >= 11 is 0. The molecule has 0 aliphatic heterocycles. The number of benzene rings is 1. The number of halogens is 3. The Hall–Kier alpha value is -1.03. The molecule has 0 bridgehead atoms. The first-order chi connectivity index (χ1) is 9.43. The highest BCUT2D eigenvalue weighted by Crippen LogP contribution is 2.42. The molecule has 2 N–H and O–H groups in total. The molecule has 4 heteroatoms. The lowest BCUT2D eigenvalue weighted by Crippen LogP contribution is -2.35. The van der Waals surface area contributed by atoms with Crippen molar-refractivity contribution < 1.29 is 13.2 Å². The molecule has 1 aromatic carbocycles. The van der Waals surface area contributed by atoms with E-state index in [2.05, 4.69) is 6.92 Å². The first-order valence-electron chi connectivity index (χ1n) is 7.35. The van der Waals surface area contributed by atoms with E-state index in [9.17, 15) is 13.2 Å². The third kappa shape index (κ3) is 3.35. The van der Waals surface area contributed by atoms with Crippen molar-refractivity contribution in [2.45, 2.75) is 57.2 Å². The largest absolute Gasteiger partial charge is 0.416 e. The van der Waals surface area contributed by atoms with Gasteiger partial charge in [0.25, 0.3) is 0 Å². The van der Waals surface area contributed by atoms with Gasteiger partial charge in [0, 0.05) is 6.04 Å². The average Bonchev–Trinajstić information content (AvgIpc) is 2.40. The topological polar surface area (TPSA) is 26.0 Å². The van der Waals surface area contributed by atoms with Crippen LogP contribution in [-0.2, 0) is 6.18 Å². The zero-order valence-electron chi connectivity index (χ0n) is 11.8. The Labute approximate surface area is 118 Å². The fraction of sp³-hybridized carbons (Fsp3) is 0.625. The second-order valence-electron chi connectivity index (χ2n) is 5.82. The van der Waals surface area contributed by atoms with Crippen molar-refractivity contribution in [1.29, 1.82) is 0 Å². The Morgan fingerprint density at radius 1 is 1.20 bits per heavy atom. The second kappa shape index (κ2) is 6.17. The second-order valence-corrected chi connectivity index (χ2v) is 5.82. The molecule has 3 unspecified atom stereocenters. The van der Waals surface area contributed by atoms with E-state index in [1.54, 1.807) is 12.1 Å². The molecule has 1 saturated carbocycles. The van der Waals surface area contributed by atoms with E-state index in [-0.39, 0.29) is 12.0 Å². The molecule has 0 heterocycles. The Morgan fingerprint density at radius 2 is 1.90 bits per heavy atom. The Bertz CT molecular complexity index is 442. The predicted octanol–water partition coefficient (Wildman–Crippen LogP) is 4.72.